The monoisotopic (exact) mass is 704 g/mol. The molecular weight excluding hydrogens is 669 g/mol. The third kappa shape index (κ3) is 6.97. The van der Waals surface area contributed by atoms with Crippen molar-refractivity contribution in [1.29, 1.82) is 0 Å². The van der Waals surface area contributed by atoms with Crippen LogP contribution in [0.4, 0.5) is 0 Å². The van der Waals surface area contributed by atoms with E-state index in [0.717, 1.165) is 89.2 Å². The molecule has 4 heteroatoms. The molecule has 0 spiro atoms. The maximum atomic E-state index is 5.23. The first-order valence-corrected chi connectivity index (χ1v) is 18.4. The van der Waals surface area contributed by atoms with Gasteiger partial charge < -0.3 is 0 Å². The van der Waals surface area contributed by atoms with Gasteiger partial charge in [-0.3, -0.25) is 9.97 Å². The third-order valence-corrected chi connectivity index (χ3v) is 10.0. The number of para-hydroxylation sites is 1. The molecule has 0 amide bonds. The summed E-state index contributed by atoms with van der Waals surface area (Å²) in [5, 5.41) is 3.38. The molecule has 0 unspecified atom stereocenters. The molecule has 0 N–H and O–H groups in total. The summed E-state index contributed by atoms with van der Waals surface area (Å²) in [4.78, 5) is 19.6. The minimum atomic E-state index is 0.650. The fourth-order valence-electron chi connectivity index (χ4n) is 7.30. The molecule has 0 saturated heterocycles. The third-order valence-electron chi connectivity index (χ3n) is 10.0. The van der Waals surface area contributed by atoms with Crippen LogP contribution in [0.25, 0.3) is 67.1 Å². The zero-order valence-corrected chi connectivity index (χ0v) is 30.2. The normalized spacial score (nSPS) is 16.0. The Bertz CT molecular complexity index is 2910. The molecule has 5 aromatic carbocycles. The smallest absolute Gasteiger partial charge is 0.160 e. The first kappa shape index (κ1) is 33.5. The molecule has 9 rings (SSSR count). The van der Waals surface area contributed by atoms with Crippen molar-refractivity contribution < 1.29 is 0 Å². The first-order chi connectivity index (χ1) is 27.2. The van der Waals surface area contributed by atoms with Crippen LogP contribution < -0.4 is 10.4 Å². The quantitative estimate of drug-likeness (QED) is 0.173. The molecule has 0 saturated carbocycles. The van der Waals surface area contributed by atoms with Gasteiger partial charge in [0.1, 0.15) is 0 Å². The van der Waals surface area contributed by atoms with Gasteiger partial charge in [-0.1, -0.05) is 146 Å². The highest BCUT2D eigenvalue weighted by atomic mass is 14.9. The van der Waals surface area contributed by atoms with Crippen LogP contribution in [0.15, 0.2) is 207 Å². The van der Waals surface area contributed by atoms with Gasteiger partial charge in [0.15, 0.2) is 5.82 Å². The van der Waals surface area contributed by atoms with Crippen molar-refractivity contribution in [3.8, 4) is 45.0 Å². The molecule has 0 bridgehead atoms. The highest BCUT2D eigenvalue weighted by Gasteiger charge is 2.15. The molecule has 1 aliphatic rings. The van der Waals surface area contributed by atoms with Gasteiger partial charge in [0, 0.05) is 46.2 Å². The van der Waals surface area contributed by atoms with Crippen molar-refractivity contribution in [2.45, 2.75) is 6.42 Å². The molecule has 0 fully saturated rings. The van der Waals surface area contributed by atoms with E-state index in [9.17, 15) is 0 Å². The number of allylic oxidation sites excluding steroid dienone is 5. The summed E-state index contributed by atoms with van der Waals surface area (Å²) in [6, 6.07) is 52.6. The van der Waals surface area contributed by atoms with Crippen molar-refractivity contribution in [3.05, 3.63) is 228 Å². The predicted octanol–water partition coefficient (Wildman–Crippen LogP) is 10.6. The van der Waals surface area contributed by atoms with Crippen LogP contribution in [0.5, 0.6) is 0 Å². The van der Waals surface area contributed by atoms with Crippen LogP contribution in [0.3, 0.4) is 0 Å². The van der Waals surface area contributed by atoms with Gasteiger partial charge in [0.05, 0.1) is 16.9 Å². The average Bonchev–Trinajstić information content (AvgIpc) is 3.26. The van der Waals surface area contributed by atoms with Crippen LogP contribution in [-0.4, -0.2) is 19.9 Å². The van der Waals surface area contributed by atoms with E-state index in [1.807, 2.05) is 42.7 Å². The van der Waals surface area contributed by atoms with Crippen molar-refractivity contribution in [2.75, 3.05) is 0 Å². The zero-order chi connectivity index (χ0) is 37.0. The second kappa shape index (κ2) is 15.0. The molecule has 0 atom stereocenters. The number of hydrogen-bond donors (Lipinski definition) is 0. The summed E-state index contributed by atoms with van der Waals surface area (Å²) < 4.78 is 0. The summed E-state index contributed by atoms with van der Waals surface area (Å²) >= 11 is 0. The lowest BCUT2D eigenvalue weighted by atomic mass is 9.91. The molecule has 8 aromatic rings. The topological polar surface area (TPSA) is 51.6 Å². The second-order valence-corrected chi connectivity index (χ2v) is 13.6. The lowest BCUT2D eigenvalue weighted by Gasteiger charge is -2.15. The van der Waals surface area contributed by atoms with E-state index in [1.165, 1.54) is 5.57 Å². The number of fused-ring (bicyclic) bond motifs is 2. The molecule has 260 valence electrons. The van der Waals surface area contributed by atoms with Gasteiger partial charge in [0.25, 0.3) is 0 Å². The van der Waals surface area contributed by atoms with Gasteiger partial charge >= 0.3 is 0 Å². The molecule has 3 heterocycles. The Morgan fingerprint density at radius 1 is 0.491 bits per heavy atom. The first-order valence-electron chi connectivity index (χ1n) is 18.4. The summed E-state index contributed by atoms with van der Waals surface area (Å²) in [5.74, 6) is 0.650. The number of pyridine rings is 2. The van der Waals surface area contributed by atoms with E-state index < -0.39 is 0 Å². The molecule has 1 aliphatic carbocycles. The van der Waals surface area contributed by atoms with Gasteiger partial charge in [-0.2, -0.15) is 0 Å². The van der Waals surface area contributed by atoms with Crippen molar-refractivity contribution in [3.63, 3.8) is 0 Å². The molecule has 3 aromatic heterocycles. The summed E-state index contributed by atoms with van der Waals surface area (Å²) in [5.41, 5.74) is 13.1. The van der Waals surface area contributed by atoms with Gasteiger partial charge in [0.2, 0.25) is 0 Å². The number of nitrogens with zero attached hydrogens (tertiary/aromatic N) is 4. The van der Waals surface area contributed by atoms with Crippen molar-refractivity contribution >= 4 is 22.0 Å². The Morgan fingerprint density at radius 3 is 2.04 bits per heavy atom. The number of hydrogen-bond acceptors (Lipinski definition) is 4. The van der Waals surface area contributed by atoms with E-state index >= 15 is 0 Å². The predicted molar refractivity (Wildman–Crippen MR) is 226 cm³/mol. The lowest BCUT2D eigenvalue weighted by Crippen LogP contribution is -2.30. The van der Waals surface area contributed by atoms with Crippen LogP contribution in [0, 0.1) is 0 Å². The summed E-state index contributed by atoms with van der Waals surface area (Å²) in [7, 11) is 0. The lowest BCUT2D eigenvalue weighted by molar-refractivity contribution is 1.18. The fraction of sp³-hybridized carbons (Fsp3) is 0.0196. The fourth-order valence-corrected chi connectivity index (χ4v) is 7.30. The zero-order valence-electron chi connectivity index (χ0n) is 30.2. The number of rotatable bonds is 6. The van der Waals surface area contributed by atoms with Crippen molar-refractivity contribution in [2.24, 2.45) is 0 Å². The van der Waals surface area contributed by atoms with Gasteiger partial charge in [-0.05, 0) is 86.7 Å². The minimum Gasteiger partial charge on any atom is -0.264 e. The van der Waals surface area contributed by atoms with Crippen LogP contribution in [-0.2, 0) is 0 Å². The molecule has 4 nitrogen and oxygen atoms in total. The highest BCUT2D eigenvalue weighted by Crippen LogP contribution is 2.32. The van der Waals surface area contributed by atoms with E-state index in [0.29, 0.717) is 5.82 Å². The maximum absolute atomic E-state index is 5.23. The van der Waals surface area contributed by atoms with Crippen LogP contribution in [0.1, 0.15) is 17.5 Å². The van der Waals surface area contributed by atoms with Crippen molar-refractivity contribution in [1.82, 2.24) is 19.9 Å². The highest BCUT2D eigenvalue weighted by molar-refractivity contribution is 5.86. The van der Waals surface area contributed by atoms with Gasteiger partial charge in [-0.15, -0.1) is 0 Å². The molecule has 55 heavy (non-hydrogen) atoms. The van der Waals surface area contributed by atoms with Gasteiger partial charge in [-0.25, -0.2) is 9.97 Å². The SMILES string of the molecule is C=C1/C=C\C=C/C/C(c2cnc3ccccc3c2)=c2/cccc/c2=C/1c1cccc(-c2nc(-c3ccccc3)cc(-c3cccc(-c4cccnc4)c3)n2)c1. The standard InChI is InChI=1S/C51H36N4/c1-35-15-4-2-7-24-44(43-30-38-18-8-11-27-47(38)53-34-43)45-25-9-10-26-46(45)50(35)40-21-13-22-41(31-40)51-54-48(36-16-5-3-6-17-36)32-49(55-51)39-20-12-19-37(29-39)42-23-14-28-52-33-42/h2-23,25-34H,1,24H2/b7-2-,15-4-,45-44+,50-46+. The van der Waals surface area contributed by atoms with E-state index in [-0.39, 0.29) is 0 Å². The Balaban J connectivity index is 1.24. The number of benzene rings is 5. The van der Waals surface area contributed by atoms with Crippen LogP contribution >= 0.6 is 0 Å². The Labute approximate surface area is 320 Å². The molecular formula is C51H36N4. The summed E-state index contributed by atoms with van der Waals surface area (Å²) in [6.45, 7) is 4.61. The van der Waals surface area contributed by atoms with E-state index in [1.54, 1.807) is 6.20 Å². The molecule has 0 aliphatic heterocycles. The van der Waals surface area contributed by atoms with Crippen LogP contribution in [0.2, 0.25) is 0 Å². The Hall–Kier alpha value is -7.30. The Morgan fingerprint density at radius 2 is 1.18 bits per heavy atom. The molecule has 0 radical (unpaired) electrons. The Kier molecular flexibility index (Phi) is 9.13. The largest absolute Gasteiger partial charge is 0.264 e. The average molecular weight is 705 g/mol. The maximum Gasteiger partial charge on any atom is 0.160 e. The summed E-state index contributed by atoms with van der Waals surface area (Å²) in [6.07, 6.45) is 14.9. The second-order valence-electron chi connectivity index (χ2n) is 13.6. The van der Waals surface area contributed by atoms with E-state index in [4.69, 9.17) is 15.0 Å². The van der Waals surface area contributed by atoms with E-state index in [2.05, 4.69) is 157 Å². The minimum absolute atomic E-state index is 0.650. The number of aromatic nitrogens is 4.